The number of nitrogens with one attached hydrogen (secondary N) is 1. The van der Waals surface area contributed by atoms with Gasteiger partial charge in [0.05, 0.1) is 23.6 Å². The largest absolute Gasteiger partial charge is 0.374 e. The predicted molar refractivity (Wildman–Crippen MR) is 72.8 cm³/mol. The Kier molecular flexibility index (Phi) is 4.25. The van der Waals surface area contributed by atoms with Crippen LogP contribution in [0, 0.1) is 5.82 Å². The topological polar surface area (TPSA) is 37.8 Å². The molecular weight excluding hydrogens is 297 g/mol. The Balaban J connectivity index is 2.20. The molecule has 0 bridgehead atoms. The molecule has 0 aliphatic carbocycles. The molecule has 0 aliphatic rings. The molecule has 0 saturated carbocycles. The van der Waals surface area contributed by atoms with E-state index in [0.717, 1.165) is 22.4 Å². The van der Waals surface area contributed by atoms with Gasteiger partial charge >= 0.3 is 0 Å². The molecule has 2 aromatic rings. The maximum atomic E-state index is 12.8. The Bertz CT molecular complexity index is 516. The van der Waals surface area contributed by atoms with Crippen LogP contribution in [0.5, 0.6) is 0 Å². The molecular formula is C13H13BrFN3. The Hall–Kier alpha value is -1.49. The van der Waals surface area contributed by atoms with Gasteiger partial charge in [-0.1, -0.05) is 6.92 Å². The molecule has 0 spiro atoms. The summed E-state index contributed by atoms with van der Waals surface area (Å²) in [6.45, 7) is 2.05. The fraction of sp³-hybridized carbons (Fsp3) is 0.231. The molecule has 2 rings (SSSR count). The first-order chi connectivity index (χ1) is 8.70. The van der Waals surface area contributed by atoms with Crippen LogP contribution in [0.25, 0.3) is 0 Å². The molecule has 5 heteroatoms. The first-order valence-electron chi connectivity index (χ1n) is 5.69. The van der Waals surface area contributed by atoms with E-state index in [4.69, 9.17) is 0 Å². The van der Waals surface area contributed by atoms with E-state index in [2.05, 4.69) is 31.2 Å². The van der Waals surface area contributed by atoms with E-state index in [9.17, 15) is 4.39 Å². The van der Waals surface area contributed by atoms with Crippen LogP contribution in [0.1, 0.15) is 25.1 Å². The predicted octanol–water partition coefficient (Wildman–Crippen LogP) is 3.94. The molecule has 0 aliphatic heterocycles. The Morgan fingerprint density at radius 1 is 1.33 bits per heavy atom. The normalized spacial score (nSPS) is 12.2. The molecule has 1 N–H and O–H groups in total. The molecule has 2 aromatic heterocycles. The van der Waals surface area contributed by atoms with Crippen molar-refractivity contribution in [2.45, 2.75) is 19.4 Å². The average molecular weight is 310 g/mol. The van der Waals surface area contributed by atoms with Gasteiger partial charge < -0.3 is 5.32 Å². The van der Waals surface area contributed by atoms with Crippen LogP contribution in [0.2, 0.25) is 0 Å². The molecule has 0 aromatic carbocycles. The van der Waals surface area contributed by atoms with Gasteiger partial charge in [-0.2, -0.15) is 0 Å². The van der Waals surface area contributed by atoms with E-state index in [1.165, 1.54) is 12.3 Å². The van der Waals surface area contributed by atoms with E-state index in [1.807, 2.05) is 19.1 Å². The van der Waals surface area contributed by atoms with Crippen molar-refractivity contribution in [3.63, 3.8) is 0 Å². The van der Waals surface area contributed by atoms with Crippen LogP contribution in [0.3, 0.4) is 0 Å². The number of rotatable bonds is 4. The molecule has 94 valence electrons. The van der Waals surface area contributed by atoms with Crippen molar-refractivity contribution in [1.82, 2.24) is 9.97 Å². The number of aromatic nitrogens is 2. The first kappa shape index (κ1) is 13.0. The van der Waals surface area contributed by atoms with Gasteiger partial charge in [0, 0.05) is 6.20 Å². The third kappa shape index (κ3) is 3.04. The average Bonchev–Trinajstić information content (AvgIpc) is 2.39. The van der Waals surface area contributed by atoms with E-state index < -0.39 is 0 Å². The van der Waals surface area contributed by atoms with Gasteiger partial charge in [0.25, 0.3) is 0 Å². The number of halogens is 2. The van der Waals surface area contributed by atoms with Gasteiger partial charge in [0.2, 0.25) is 0 Å². The second-order valence-corrected chi connectivity index (χ2v) is 4.60. The van der Waals surface area contributed by atoms with Gasteiger partial charge in [0.15, 0.2) is 0 Å². The summed E-state index contributed by atoms with van der Waals surface area (Å²) in [5.74, 6) is -0.323. The van der Waals surface area contributed by atoms with Crippen LogP contribution < -0.4 is 5.32 Å². The summed E-state index contributed by atoms with van der Waals surface area (Å²) in [6, 6.07) is 6.94. The van der Waals surface area contributed by atoms with E-state index in [0.29, 0.717) is 0 Å². The quantitative estimate of drug-likeness (QED) is 0.869. The fourth-order valence-electron chi connectivity index (χ4n) is 1.66. The molecule has 2 heterocycles. The summed E-state index contributed by atoms with van der Waals surface area (Å²) in [6.07, 6.45) is 3.80. The van der Waals surface area contributed by atoms with Gasteiger partial charge in [-0.15, -0.1) is 0 Å². The van der Waals surface area contributed by atoms with Crippen LogP contribution in [-0.4, -0.2) is 9.97 Å². The first-order valence-corrected chi connectivity index (χ1v) is 6.48. The number of pyridine rings is 2. The lowest BCUT2D eigenvalue weighted by Gasteiger charge is -2.18. The lowest BCUT2D eigenvalue weighted by atomic mass is 10.1. The minimum Gasteiger partial charge on any atom is -0.374 e. The highest BCUT2D eigenvalue weighted by molar-refractivity contribution is 9.10. The zero-order valence-corrected chi connectivity index (χ0v) is 11.5. The second kappa shape index (κ2) is 5.91. The zero-order valence-electron chi connectivity index (χ0n) is 9.90. The summed E-state index contributed by atoms with van der Waals surface area (Å²) in [7, 11) is 0. The highest BCUT2D eigenvalue weighted by atomic mass is 79.9. The lowest BCUT2D eigenvalue weighted by Crippen LogP contribution is -2.12. The standard InChI is InChI=1S/C13H13BrFN3/c1-2-10(11-6-5-9(15)8-17-11)18-12-4-3-7-16-13(12)14/h3-8,10,18H,2H2,1H3. The van der Waals surface area contributed by atoms with Crippen molar-refractivity contribution in [3.8, 4) is 0 Å². The third-order valence-electron chi connectivity index (χ3n) is 2.60. The van der Waals surface area contributed by atoms with Crippen molar-refractivity contribution >= 4 is 21.6 Å². The number of hydrogen-bond donors (Lipinski definition) is 1. The van der Waals surface area contributed by atoms with Crippen molar-refractivity contribution in [1.29, 1.82) is 0 Å². The highest BCUT2D eigenvalue weighted by Gasteiger charge is 2.12. The maximum absolute atomic E-state index is 12.8. The molecule has 0 radical (unpaired) electrons. The van der Waals surface area contributed by atoms with Crippen molar-refractivity contribution < 1.29 is 4.39 Å². The Labute approximate surface area is 114 Å². The molecule has 3 nitrogen and oxygen atoms in total. The summed E-state index contributed by atoms with van der Waals surface area (Å²) >= 11 is 3.38. The minimum atomic E-state index is -0.323. The smallest absolute Gasteiger partial charge is 0.141 e. The Morgan fingerprint density at radius 2 is 2.17 bits per heavy atom. The molecule has 1 atom stereocenters. The van der Waals surface area contributed by atoms with Crippen LogP contribution in [0.4, 0.5) is 10.1 Å². The van der Waals surface area contributed by atoms with Crippen molar-refractivity contribution in [2.24, 2.45) is 0 Å². The van der Waals surface area contributed by atoms with Gasteiger partial charge in [-0.3, -0.25) is 4.98 Å². The minimum absolute atomic E-state index is 0.0334. The molecule has 1 unspecified atom stereocenters. The van der Waals surface area contributed by atoms with Gasteiger partial charge in [-0.05, 0) is 46.6 Å². The monoisotopic (exact) mass is 309 g/mol. The SMILES string of the molecule is CCC(Nc1cccnc1Br)c1ccc(F)cn1. The number of nitrogens with zero attached hydrogens (tertiary/aromatic N) is 2. The maximum Gasteiger partial charge on any atom is 0.141 e. The third-order valence-corrected chi connectivity index (χ3v) is 3.24. The summed E-state index contributed by atoms with van der Waals surface area (Å²) in [5, 5.41) is 3.34. The molecule has 0 amide bonds. The van der Waals surface area contributed by atoms with Crippen LogP contribution in [-0.2, 0) is 0 Å². The molecule has 18 heavy (non-hydrogen) atoms. The number of hydrogen-bond acceptors (Lipinski definition) is 3. The van der Waals surface area contributed by atoms with E-state index in [-0.39, 0.29) is 11.9 Å². The van der Waals surface area contributed by atoms with Crippen LogP contribution in [0.15, 0.2) is 41.3 Å². The highest BCUT2D eigenvalue weighted by Crippen LogP contribution is 2.25. The Morgan fingerprint density at radius 3 is 2.78 bits per heavy atom. The zero-order chi connectivity index (χ0) is 13.0. The van der Waals surface area contributed by atoms with E-state index in [1.54, 1.807) is 12.3 Å². The summed E-state index contributed by atoms with van der Waals surface area (Å²) in [4.78, 5) is 8.25. The van der Waals surface area contributed by atoms with Crippen molar-refractivity contribution in [3.05, 3.63) is 52.8 Å². The van der Waals surface area contributed by atoms with Gasteiger partial charge in [0.1, 0.15) is 10.4 Å². The van der Waals surface area contributed by atoms with Gasteiger partial charge in [-0.25, -0.2) is 9.37 Å². The molecule has 0 fully saturated rings. The second-order valence-electron chi connectivity index (χ2n) is 3.85. The lowest BCUT2D eigenvalue weighted by molar-refractivity contribution is 0.614. The fourth-order valence-corrected chi connectivity index (χ4v) is 2.02. The van der Waals surface area contributed by atoms with Crippen molar-refractivity contribution in [2.75, 3.05) is 5.32 Å². The molecule has 0 saturated heterocycles. The summed E-state index contributed by atoms with van der Waals surface area (Å²) in [5.41, 5.74) is 1.71. The van der Waals surface area contributed by atoms with E-state index >= 15 is 0 Å². The number of anilines is 1. The summed E-state index contributed by atoms with van der Waals surface area (Å²) < 4.78 is 13.6. The van der Waals surface area contributed by atoms with Crippen LogP contribution >= 0.6 is 15.9 Å².